The molecule has 0 bridgehead atoms. The molecule has 0 saturated carbocycles. The molecule has 1 aliphatic heterocycles. The van der Waals surface area contributed by atoms with Crippen LogP contribution in [-0.4, -0.2) is 31.1 Å². The highest BCUT2D eigenvalue weighted by Crippen LogP contribution is 2.21. The van der Waals surface area contributed by atoms with Gasteiger partial charge in [-0.05, 0) is 44.1 Å². The standard InChI is InChI=1S/C13H19BrN2/c1-10-3-4-11(13(14)7-10)9-16(2)12-5-6-15-8-12/h3-4,7,12,15H,5-6,8-9H2,1-2H3. The second-order valence-electron chi connectivity index (χ2n) is 4.66. The summed E-state index contributed by atoms with van der Waals surface area (Å²) in [6.07, 6.45) is 1.26. The summed E-state index contributed by atoms with van der Waals surface area (Å²) in [7, 11) is 2.21. The van der Waals surface area contributed by atoms with Crippen LogP contribution in [0.3, 0.4) is 0 Å². The molecule has 16 heavy (non-hydrogen) atoms. The van der Waals surface area contributed by atoms with Crippen LogP contribution in [0.5, 0.6) is 0 Å². The van der Waals surface area contributed by atoms with Crippen LogP contribution in [-0.2, 0) is 6.54 Å². The topological polar surface area (TPSA) is 15.3 Å². The average molecular weight is 283 g/mol. The van der Waals surface area contributed by atoms with Gasteiger partial charge in [-0.2, -0.15) is 0 Å². The molecule has 3 heteroatoms. The summed E-state index contributed by atoms with van der Waals surface area (Å²) in [4.78, 5) is 2.44. The van der Waals surface area contributed by atoms with E-state index in [1.165, 1.54) is 22.0 Å². The lowest BCUT2D eigenvalue weighted by Gasteiger charge is -2.24. The van der Waals surface area contributed by atoms with E-state index in [1.54, 1.807) is 0 Å². The summed E-state index contributed by atoms with van der Waals surface area (Å²) < 4.78 is 1.23. The molecule has 0 spiro atoms. The second-order valence-corrected chi connectivity index (χ2v) is 5.51. The van der Waals surface area contributed by atoms with Crippen molar-refractivity contribution in [3.05, 3.63) is 33.8 Å². The molecular weight excluding hydrogens is 264 g/mol. The van der Waals surface area contributed by atoms with Gasteiger partial charge < -0.3 is 5.32 Å². The van der Waals surface area contributed by atoms with Crippen molar-refractivity contribution in [1.82, 2.24) is 10.2 Å². The first-order valence-corrected chi connectivity index (χ1v) is 6.62. The van der Waals surface area contributed by atoms with Gasteiger partial charge in [0.15, 0.2) is 0 Å². The first-order chi connectivity index (χ1) is 7.66. The molecule has 1 saturated heterocycles. The highest BCUT2D eigenvalue weighted by Gasteiger charge is 2.19. The Morgan fingerprint density at radius 1 is 1.50 bits per heavy atom. The van der Waals surface area contributed by atoms with Gasteiger partial charge in [-0.3, -0.25) is 4.90 Å². The SMILES string of the molecule is Cc1ccc(CN(C)C2CCNC2)c(Br)c1. The molecule has 1 aliphatic rings. The molecule has 1 fully saturated rings. The molecule has 1 unspecified atom stereocenters. The predicted molar refractivity (Wildman–Crippen MR) is 71.6 cm³/mol. The van der Waals surface area contributed by atoms with Crippen LogP contribution in [0.25, 0.3) is 0 Å². The molecule has 0 amide bonds. The third-order valence-electron chi connectivity index (χ3n) is 3.29. The fraction of sp³-hybridized carbons (Fsp3) is 0.538. The third-order valence-corrected chi connectivity index (χ3v) is 4.02. The summed E-state index contributed by atoms with van der Waals surface area (Å²) in [6, 6.07) is 7.28. The van der Waals surface area contributed by atoms with E-state index >= 15 is 0 Å². The fourth-order valence-electron chi connectivity index (χ4n) is 2.19. The molecule has 0 radical (unpaired) electrons. The fourth-order valence-corrected chi connectivity index (χ4v) is 2.81. The molecule has 88 valence electrons. The van der Waals surface area contributed by atoms with E-state index in [0.717, 1.165) is 19.6 Å². The van der Waals surface area contributed by atoms with Gasteiger partial charge >= 0.3 is 0 Å². The number of hydrogen-bond donors (Lipinski definition) is 1. The first kappa shape index (κ1) is 12.1. The van der Waals surface area contributed by atoms with E-state index in [1.807, 2.05) is 0 Å². The molecule has 1 atom stereocenters. The molecule has 0 aliphatic carbocycles. The lowest BCUT2D eigenvalue weighted by molar-refractivity contribution is 0.248. The largest absolute Gasteiger partial charge is 0.315 e. The zero-order chi connectivity index (χ0) is 11.5. The Labute approximate surface area is 106 Å². The van der Waals surface area contributed by atoms with Crippen LogP contribution < -0.4 is 5.32 Å². The van der Waals surface area contributed by atoms with Crippen molar-refractivity contribution < 1.29 is 0 Å². The van der Waals surface area contributed by atoms with Gasteiger partial charge in [0.05, 0.1) is 0 Å². The molecule has 1 aromatic rings. The second kappa shape index (κ2) is 5.30. The van der Waals surface area contributed by atoms with Gasteiger partial charge in [-0.25, -0.2) is 0 Å². The number of hydrogen-bond acceptors (Lipinski definition) is 2. The highest BCUT2D eigenvalue weighted by molar-refractivity contribution is 9.10. The van der Waals surface area contributed by atoms with E-state index in [2.05, 4.69) is 58.3 Å². The van der Waals surface area contributed by atoms with Crippen LogP contribution in [0.2, 0.25) is 0 Å². The molecular formula is C13H19BrN2. The van der Waals surface area contributed by atoms with Crippen molar-refractivity contribution in [2.24, 2.45) is 0 Å². The number of likely N-dealkylation sites (N-methyl/N-ethyl adjacent to an activating group) is 1. The van der Waals surface area contributed by atoms with Gasteiger partial charge in [-0.1, -0.05) is 28.1 Å². The maximum Gasteiger partial charge on any atom is 0.0245 e. The van der Waals surface area contributed by atoms with E-state index in [-0.39, 0.29) is 0 Å². The van der Waals surface area contributed by atoms with Crippen LogP contribution in [0.1, 0.15) is 17.5 Å². The van der Waals surface area contributed by atoms with Crippen molar-refractivity contribution in [3.63, 3.8) is 0 Å². The first-order valence-electron chi connectivity index (χ1n) is 5.83. The number of halogens is 1. The smallest absolute Gasteiger partial charge is 0.0245 e. The van der Waals surface area contributed by atoms with Gasteiger partial charge in [0, 0.05) is 23.6 Å². The average Bonchev–Trinajstić information content (AvgIpc) is 2.75. The Morgan fingerprint density at radius 2 is 2.31 bits per heavy atom. The summed E-state index contributed by atoms with van der Waals surface area (Å²) >= 11 is 3.64. The lowest BCUT2D eigenvalue weighted by Crippen LogP contribution is -2.32. The molecule has 1 N–H and O–H groups in total. The number of benzene rings is 1. The van der Waals surface area contributed by atoms with E-state index in [9.17, 15) is 0 Å². The van der Waals surface area contributed by atoms with Crippen LogP contribution in [0, 0.1) is 6.92 Å². The van der Waals surface area contributed by atoms with Crippen LogP contribution in [0.15, 0.2) is 22.7 Å². The lowest BCUT2D eigenvalue weighted by atomic mass is 10.1. The van der Waals surface area contributed by atoms with Gasteiger partial charge in [0.2, 0.25) is 0 Å². The quantitative estimate of drug-likeness (QED) is 0.917. The number of rotatable bonds is 3. The third kappa shape index (κ3) is 2.84. The minimum atomic E-state index is 0.688. The molecule has 0 aromatic heterocycles. The van der Waals surface area contributed by atoms with Crippen LogP contribution in [0.4, 0.5) is 0 Å². The van der Waals surface area contributed by atoms with Crippen molar-refractivity contribution in [1.29, 1.82) is 0 Å². The van der Waals surface area contributed by atoms with E-state index < -0.39 is 0 Å². The molecule has 1 aromatic carbocycles. The molecule has 2 nitrogen and oxygen atoms in total. The summed E-state index contributed by atoms with van der Waals surface area (Å²) in [5.74, 6) is 0. The Bertz CT molecular complexity index is 359. The molecule has 2 rings (SSSR count). The minimum absolute atomic E-state index is 0.688. The summed E-state index contributed by atoms with van der Waals surface area (Å²) in [6.45, 7) is 5.43. The van der Waals surface area contributed by atoms with Crippen molar-refractivity contribution in [3.8, 4) is 0 Å². The van der Waals surface area contributed by atoms with Gasteiger partial charge in [-0.15, -0.1) is 0 Å². The van der Waals surface area contributed by atoms with Crippen molar-refractivity contribution >= 4 is 15.9 Å². The summed E-state index contributed by atoms with van der Waals surface area (Å²) in [5.41, 5.74) is 2.68. The van der Waals surface area contributed by atoms with Gasteiger partial charge in [0.25, 0.3) is 0 Å². The molecule has 1 heterocycles. The van der Waals surface area contributed by atoms with E-state index in [4.69, 9.17) is 0 Å². The van der Waals surface area contributed by atoms with Crippen LogP contribution >= 0.6 is 15.9 Å². The maximum absolute atomic E-state index is 3.64. The highest BCUT2D eigenvalue weighted by atomic mass is 79.9. The number of aryl methyl sites for hydroxylation is 1. The van der Waals surface area contributed by atoms with Crippen molar-refractivity contribution in [2.75, 3.05) is 20.1 Å². The summed E-state index contributed by atoms with van der Waals surface area (Å²) in [5, 5.41) is 3.41. The minimum Gasteiger partial charge on any atom is -0.315 e. The van der Waals surface area contributed by atoms with E-state index in [0.29, 0.717) is 6.04 Å². The number of nitrogens with one attached hydrogen (secondary N) is 1. The Kier molecular flexibility index (Phi) is 4.00. The van der Waals surface area contributed by atoms with Crippen molar-refractivity contribution in [2.45, 2.75) is 25.9 Å². The Morgan fingerprint density at radius 3 is 2.94 bits per heavy atom. The zero-order valence-electron chi connectivity index (χ0n) is 9.96. The monoisotopic (exact) mass is 282 g/mol. The Balaban J connectivity index is 2.02. The number of nitrogens with zero attached hydrogens (tertiary/aromatic N) is 1. The zero-order valence-corrected chi connectivity index (χ0v) is 11.5. The Hall–Kier alpha value is -0.380. The van der Waals surface area contributed by atoms with Gasteiger partial charge in [0.1, 0.15) is 0 Å². The predicted octanol–water partition coefficient (Wildman–Crippen LogP) is 2.55. The normalized spacial score (nSPS) is 20.6. The maximum atomic E-state index is 3.64.